The van der Waals surface area contributed by atoms with Crippen molar-refractivity contribution in [1.82, 2.24) is 14.9 Å². The number of nitrogens with one attached hydrogen (secondary N) is 1. The van der Waals surface area contributed by atoms with Crippen molar-refractivity contribution in [3.8, 4) is 11.6 Å². The largest absolute Gasteiger partial charge is 0.489 e. The van der Waals surface area contributed by atoms with Gasteiger partial charge in [0.05, 0.1) is 7.11 Å². The molecule has 6 nitrogen and oxygen atoms in total. The number of rotatable bonds is 8. The van der Waals surface area contributed by atoms with Crippen molar-refractivity contribution in [2.45, 2.75) is 32.6 Å². The highest BCUT2D eigenvalue weighted by Crippen LogP contribution is 2.30. The molecule has 21 heavy (non-hydrogen) atoms. The first-order valence-corrected chi connectivity index (χ1v) is 7.83. The molecule has 0 unspecified atom stereocenters. The third kappa shape index (κ3) is 4.74. The molecule has 118 valence electrons. The lowest BCUT2D eigenvalue weighted by atomic mass is 10.1. The van der Waals surface area contributed by atoms with Crippen LogP contribution in [-0.2, 0) is 0 Å². The van der Waals surface area contributed by atoms with Crippen LogP contribution in [0.3, 0.4) is 0 Å². The van der Waals surface area contributed by atoms with E-state index in [0.29, 0.717) is 24.1 Å². The van der Waals surface area contributed by atoms with E-state index in [1.807, 2.05) is 0 Å². The van der Waals surface area contributed by atoms with Gasteiger partial charge in [-0.2, -0.15) is 4.98 Å². The Hall–Kier alpha value is -1.56. The molecule has 0 aliphatic carbocycles. The zero-order valence-corrected chi connectivity index (χ0v) is 13.1. The minimum Gasteiger partial charge on any atom is -0.489 e. The van der Waals surface area contributed by atoms with Crippen LogP contribution in [0, 0.1) is 0 Å². The summed E-state index contributed by atoms with van der Waals surface area (Å²) in [6, 6.07) is 0. The lowest BCUT2D eigenvalue weighted by Gasteiger charge is -2.26. The van der Waals surface area contributed by atoms with E-state index in [2.05, 4.69) is 27.1 Å². The van der Waals surface area contributed by atoms with Crippen molar-refractivity contribution in [2.75, 3.05) is 45.2 Å². The van der Waals surface area contributed by atoms with E-state index < -0.39 is 0 Å². The molecule has 1 aromatic rings. The Morgan fingerprint density at radius 1 is 1.24 bits per heavy atom. The summed E-state index contributed by atoms with van der Waals surface area (Å²) < 4.78 is 11.2. The minimum atomic E-state index is 0.517. The number of hydrogen-bond donors (Lipinski definition) is 1. The van der Waals surface area contributed by atoms with E-state index in [-0.39, 0.29) is 0 Å². The van der Waals surface area contributed by atoms with Gasteiger partial charge < -0.3 is 14.8 Å². The number of piperidine rings is 1. The fourth-order valence-electron chi connectivity index (χ4n) is 2.47. The van der Waals surface area contributed by atoms with Crippen LogP contribution in [-0.4, -0.2) is 54.8 Å². The third-order valence-corrected chi connectivity index (χ3v) is 3.61. The van der Waals surface area contributed by atoms with Gasteiger partial charge in [0.25, 0.3) is 5.88 Å². The summed E-state index contributed by atoms with van der Waals surface area (Å²) >= 11 is 0. The number of anilines is 1. The molecule has 1 saturated heterocycles. The molecule has 0 aromatic carbocycles. The van der Waals surface area contributed by atoms with Crippen LogP contribution in [0.15, 0.2) is 6.33 Å². The fourth-order valence-corrected chi connectivity index (χ4v) is 2.47. The predicted octanol–water partition coefficient (Wildman–Crippen LogP) is 2.17. The van der Waals surface area contributed by atoms with E-state index >= 15 is 0 Å². The molecule has 1 aliphatic rings. The zero-order chi connectivity index (χ0) is 14.9. The summed E-state index contributed by atoms with van der Waals surface area (Å²) in [5, 5.41) is 3.23. The van der Waals surface area contributed by atoms with Gasteiger partial charge in [-0.1, -0.05) is 13.3 Å². The quantitative estimate of drug-likeness (QED) is 0.793. The summed E-state index contributed by atoms with van der Waals surface area (Å²) in [7, 11) is 1.62. The molecule has 1 aliphatic heterocycles. The second-order valence-electron chi connectivity index (χ2n) is 5.24. The normalized spacial score (nSPS) is 15.7. The van der Waals surface area contributed by atoms with Crippen LogP contribution < -0.4 is 14.8 Å². The van der Waals surface area contributed by atoms with Gasteiger partial charge in [-0.25, -0.2) is 4.98 Å². The summed E-state index contributed by atoms with van der Waals surface area (Å²) in [4.78, 5) is 10.8. The standard InChI is InChI=1S/C15H26N4O2/c1-3-7-16-14-13(20-2)15(18-12-17-14)21-11-10-19-8-5-4-6-9-19/h12H,3-11H2,1-2H3,(H,16,17,18). The van der Waals surface area contributed by atoms with Gasteiger partial charge in [0, 0.05) is 13.1 Å². The second kappa shape index (κ2) is 8.67. The van der Waals surface area contributed by atoms with Crippen molar-refractivity contribution in [3.05, 3.63) is 6.33 Å². The number of likely N-dealkylation sites (tertiary alicyclic amines) is 1. The topological polar surface area (TPSA) is 59.5 Å². The Bertz CT molecular complexity index is 422. The Morgan fingerprint density at radius 3 is 2.76 bits per heavy atom. The van der Waals surface area contributed by atoms with Gasteiger partial charge in [0.15, 0.2) is 5.82 Å². The lowest BCUT2D eigenvalue weighted by Crippen LogP contribution is -2.33. The van der Waals surface area contributed by atoms with E-state index in [1.165, 1.54) is 38.7 Å². The van der Waals surface area contributed by atoms with Gasteiger partial charge in [-0.05, 0) is 32.4 Å². The summed E-state index contributed by atoms with van der Waals surface area (Å²) in [5.74, 6) is 1.80. The van der Waals surface area contributed by atoms with E-state index in [1.54, 1.807) is 7.11 Å². The van der Waals surface area contributed by atoms with Gasteiger partial charge in [0.1, 0.15) is 12.9 Å². The maximum Gasteiger partial charge on any atom is 0.262 e. The van der Waals surface area contributed by atoms with Gasteiger partial charge in [-0.15, -0.1) is 0 Å². The highest BCUT2D eigenvalue weighted by atomic mass is 16.5. The molecule has 0 atom stereocenters. The Kier molecular flexibility index (Phi) is 6.53. The maximum atomic E-state index is 5.79. The maximum absolute atomic E-state index is 5.79. The molecule has 1 N–H and O–H groups in total. The van der Waals surface area contributed by atoms with Gasteiger partial charge in [-0.3, -0.25) is 4.90 Å². The summed E-state index contributed by atoms with van der Waals surface area (Å²) in [5.41, 5.74) is 0. The van der Waals surface area contributed by atoms with Crippen molar-refractivity contribution in [1.29, 1.82) is 0 Å². The van der Waals surface area contributed by atoms with Crippen LogP contribution in [0.25, 0.3) is 0 Å². The van der Waals surface area contributed by atoms with E-state index in [9.17, 15) is 0 Å². The highest BCUT2D eigenvalue weighted by molar-refractivity contribution is 5.54. The van der Waals surface area contributed by atoms with Crippen molar-refractivity contribution >= 4 is 5.82 Å². The molecular formula is C15H26N4O2. The van der Waals surface area contributed by atoms with Crippen molar-refractivity contribution in [3.63, 3.8) is 0 Å². The van der Waals surface area contributed by atoms with Crippen LogP contribution >= 0.6 is 0 Å². The number of ether oxygens (including phenoxy) is 2. The number of methoxy groups -OCH3 is 1. The number of aromatic nitrogens is 2. The average molecular weight is 294 g/mol. The predicted molar refractivity (Wildman–Crippen MR) is 83.2 cm³/mol. The molecule has 0 bridgehead atoms. The monoisotopic (exact) mass is 294 g/mol. The SMILES string of the molecule is CCCNc1ncnc(OCCN2CCCCC2)c1OC. The average Bonchev–Trinajstić information content (AvgIpc) is 2.54. The van der Waals surface area contributed by atoms with Crippen LogP contribution in [0.5, 0.6) is 11.6 Å². The molecule has 0 radical (unpaired) electrons. The van der Waals surface area contributed by atoms with Crippen LogP contribution in [0.2, 0.25) is 0 Å². The Balaban J connectivity index is 1.89. The van der Waals surface area contributed by atoms with Gasteiger partial charge in [0.2, 0.25) is 5.75 Å². The smallest absolute Gasteiger partial charge is 0.262 e. The summed E-state index contributed by atoms with van der Waals surface area (Å²) in [6.07, 6.45) is 6.47. The van der Waals surface area contributed by atoms with Crippen LogP contribution in [0.4, 0.5) is 5.82 Å². The number of nitrogens with zero attached hydrogens (tertiary/aromatic N) is 3. The Morgan fingerprint density at radius 2 is 2.05 bits per heavy atom. The second-order valence-corrected chi connectivity index (χ2v) is 5.24. The first kappa shape index (κ1) is 15.8. The first-order valence-electron chi connectivity index (χ1n) is 7.83. The molecule has 0 amide bonds. The van der Waals surface area contributed by atoms with Gasteiger partial charge >= 0.3 is 0 Å². The minimum absolute atomic E-state index is 0.517. The Labute approximate surface area is 126 Å². The third-order valence-electron chi connectivity index (χ3n) is 3.61. The molecule has 2 heterocycles. The molecule has 2 rings (SSSR count). The highest BCUT2D eigenvalue weighted by Gasteiger charge is 2.14. The number of hydrogen-bond acceptors (Lipinski definition) is 6. The molecule has 0 spiro atoms. The molecule has 1 fully saturated rings. The molecular weight excluding hydrogens is 268 g/mol. The first-order chi connectivity index (χ1) is 10.3. The fraction of sp³-hybridized carbons (Fsp3) is 0.733. The van der Waals surface area contributed by atoms with E-state index in [4.69, 9.17) is 9.47 Å². The lowest BCUT2D eigenvalue weighted by molar-refractivity contribution is 0.177. The van der Waals surface area contributed by atoms with Crippen molar-refractivity contribution < 1.29 is 9.47 Å². The zero-order valence-electron chi connectivity index (χ0n) is 13.1. The van der Waals surface area contributed by atoms with E-state index in [0.717, 1.165) is 19.5 Å². The molecule has 1 aromatic heterocycles. The molecule has 6 heteroatoms. The molecule has 0 saturated carbocycles. The summed E-state index contributed by atoms with van der Waals surface area (Å²) in [6.45, 7) is 6.86. The van der Waals surface area contributed by atoms with Crippen LogP contribution in [0.1, 0.15) is 32.6 Å². The van der Waals surface area contributed by atoms with Crippen molar-refractivity contribution in [2.24, 2.45) is 0 Å².